The van der Waals surface area contributed by atoms with E-state index in [1.54, 1.807) is 0 Å². The van der Waals surface area contributed by atoms with Gasteiger partial charge in [0.1, 0.15) is 10.0 Å². The third-order valence-corrected chi connectivity index (χ3v) is 5.44. The molecule has 0 aromatic carbocycles. The molecule has 0 saturated heterocycles. The summed E-state index contributed by atoms with van der Waals surface area (Å²) in [7, 11) is 0. The zero-order valence-corrected chi connectivity index (χ0v) is 15.4. The van der Waals surface area contributed by atoms with Gasteiger partial charge >= 0.3 is 0 Å². The van der Waals surface area contributed by atoms with Gasteiger partial charge in [-0.3, -0.25) is 0 Å². The standard InChI is InChI=1S/C10H18Br4O/c1-7(3-5-11)9(13)15-10(14)8(2)4-6-12/h7-10H,3-6H2,1-2H3. The smallest absolute Gasteiger partial charge is 0.116 e. The minimum atomic E-state index is 0.122. The van der Waals surface area contributed by atoms with Crippen molar-refractivity contribution >= 4 is 63.7 Å². The van der Waals surface area contributed by atoms with E-state index in [1.165, 1.54) is 0 Å². The van der Waals surface area contributed by atoms with E-state index in [0.29, 0.717) is 11.8 Å². The normalized spacial score (nSPS) is 19.6. The molecule has 4 atom stereocenters. The number of alkyl halides is 4. The summed E-state index contributed by atoms with van der Waals surface area (Å²) in [5, 5.41) is 2.28. The summed E-state index contributed by atoms with van der Waals surface area (Å²) in [4.78, 5) is 0. The minimum Gasteiger partial charge on any atom is -0.352 e. The lowest BCUT2D eigenvalue weighted by Crippen LogP contribution is -2.24. The summed E-state index contributed by atoms with van der Waals surface area (Å²) in [5.41, 5.74) is 0. The van der Waals surface area contributed by atoms with Crippen LogP contribution in [0.2, 0.25) is 0 Å². The lowest BCUT2D eigenvalue weighted by Gasteiger charge is -2.25. The molecular formula is C10H18Br4O. The van der Waals surface area contributed by atoms with Gasteiger partial charge in [0.05, 0.1) is 0 Å². The molecule has 4 unspecified atom stereocenters. The van der Waals surface area contributed by atoms with Crippen molar-refractivity contribution in [3.8, 4) is 0 Å². The molecule has 1 nitrogen and oxygen atoms in total. The van der Waals surface area contributed by atoms with Crippen LogP contribution in [0.15, 0.2) is 0 Å². The van der Waals surface area contributed by atoms with Crippen molar-refractivity contribution in [3.05, 3.63) is 0 Å². The van der Waals surface area contributed by atoms with Crippen molar-refractivity contribution in [1.29, 1.82) is 0 Å². The Kier molecular flexibility index (Phi) is 11.1. The fourth-order valence-electron chi connectivity index (χ4n) is 0.999. The molecule has 0 aromatic heterocycles. The first-order valence-electron chi connectivity index (χ1n) is 5.08. The lowest BCUT2D eigenvalue weighted by atomic mass is 10.1. The second-order valence-corrected chi connectivity index (χ2v) is 7.14. The van der Waals surface area contributed by atoms with E-state index in [4.69, 9.17) is 4.74 Å². The zero-order chi connectivity index (χ0) is 11.8. The van der Waals surface area contributed by atoms with Crippen molar-refractivity contribution < 1.29 is 4.74 Å². The molecule has 0 amide bonds. The lowest BCUT2D eigenvalue weighted by molar-refractivity contribution is 0.0410. The van der Waals surface area contributed by atoms with Gasteiger partial charge in [0.15, 0.2) is 0 Å². The number of rotatable bonds is 8. The van der Waals surface area contributed by atoms with Crippen LogP contribution in [-0.2, 0) is 4.74 Å². The maximum absolute atomic E-state index is 5.87. The van der Waals surface area contributed by atoms with Gasteiger partial charge in [-0.2, -0.15) is 0 Å². The Morgan fingerprint density at radius 2 is 1.20 bits per heavy atom. The van der Waals surface area contributed by atoms with E-state index in [0.717, 1.165) is 23.5 Å². The zero-order valence-electron chi connectivity index (χ0n) is 9.06. The summed E-state index contributed by atoms with van der Waals surface area (Å²) >= 11 is 14.0. The van der Waals surface area contributed by atoms with E-state index in [2.05, 4.69) is 77.6 Å². The average Bonchev–Trinajstić information content (AvgIpc) is 2.18. The molecule has 0 bridgehead atoms. The topological polar surface area (TPSA) is 9.23 Å². The van der Waals surface area contributed by atoms with Crippen LogP contribution in [0.5, 0.6) is 0 Å². The molecular weight excluding hydrogens is 456 g/mol. The summed E-state index contributed by atoms with van der Waals surface area (Å²) in [5.74, 6) is 1.03. The molecule has 0 aromatic rings. The Balaban J connectivity index is 3.88. The highest BCUT2D eigenvalue weighted by atomic mass is 79.9. The van der Waals surface area contributed by atoms with Gasteiger partial charge in [-0.25, -0.2) is 0 Å². The van der Waals surface area contributed by atoms with Crippen molar-refractivity contribution in [3.63, 3.8) is 0 Å². The highest BCUT2D eigenvalue weighted by Gasteiger charge is 2.21. The molecule has 5 heteroatoms. The predicted molar refractivity (Wildman–Crippen MR) is 81.7 cm³/mol. The highest BCUT2D eigenvalue weighted by Crippen LogP contribution is 2.26. The Morgan fingerprint density at radius 1 is 0.867 bits per heavy atom. The van der Waals surface area contributed by atoms with Crippen LogP contribution < -0.4 is 0 Å². The van der Waals surface area contributed by atoms with Crippen molar-refractivity contribution in [2.45, 2.75) is 36.7 Å². The molecule has 0 N–H and O–H groups in total. The van der Waals surface area contributed by atoms with Crippen LogP contribution in [0.25, 0.3) is 0 Å². The fourth-order valence-corrected chi connectivity index (χ4v) is 3.73. The number of ether oxygens (including phenoxy) is 1. The van der Waals surface area contributed by atoms with E-state index in [9.17, 15) is 0 Å². The molecule has 0 aliphatic heterocycles. The van der Waals surface area contributed by atoms with Gasteiger partial charge in [-0.1, -0.05) is 77.6 Å². The second-order valence-electron chi connectivity index (χ2n) is 3.75. The number of hydrogen-bond donors (Lipinski definition) is 0. The Hall–Kier alpha value is 1.88. The summed E-state index contributed by atoms with van der Waals surface area (Å²) in [6, 6.07) is 0. The highest BCUT2D eigenvalue weighted by molar-refractivity contribution is 9.10. The van der Waals surface area contributed by atoms with Crippen LogP contribution in [0.3, 0.4) is 0 Å². The molecule has 0 aliphatic carbocycles. The van der Waals surface area contributed by atoms with Crippen LogP contribution >= 0.6 is 63.7 Å². The van der Waals surface area contributed by atoms with Crippen LogP contribution in [0.4, 0.5) is 0 Å². The third kappa shape index (κ3) is 7.74. The molecule has 92 valence electrons. The molecule has 0 heterocycles. The van der Waals surface area contributed by atoms with Crippen LogP contribution in [-0.4, -0.2) is 20.7 Å². The SMILES string of the molecule is CC(CCBr)C(Br)OC(Br)C(C)CCBr. The summed E-state index contributed by atoms with van der Waals surface area (Å²) < 4.78 is 5.87. The molecule has 0 radical (unpaired) electrons. The van der Waals surface area contributed by atoms with Gasteiger partial charge in [-0.15, -0.1) is 0 Å². The fraction of sp³-hybridized carbons (Fsp3) is 1.00. The first-order chi connectivity index (χ1) is 7.02. The second kappa shape index (κ2) is 9.86. The third-order valence-electron chi connectivity index (χ3n) is 2.28. The van der Waals surface area contributed by atoms with E-state index in [1.807, 2.05) is 0 Å². The summed E-state index contributed by atoms with van der Waals surface area (Å²) in [6.45, 7) is 4.38. The van der Waals surface area contributed by atoms with E-state index >= 15 is 0 Å². The maximum atomic E-state index is 5.87. The first-order valence-corrected chi connectivity index (χ1v) is 9.15. The van der Waals surface area contributed by atoms with Crippen molar-refractivity contribution in [2.75, 3.05) is 10.7 Å². The molecule has 0 fully saturated rings. The summed E-state index contributed by atoms with van der Waals surface area (Å²) in [6.07, 6.45) is 2.23. The Labute approximate surface area is 127 Å². The van der Waals surface area contributed by atoms with Gasteiger partial charge in [-0.05, 0) is 24.7 Å². The molecule has 15 heavy (non-hydrogen) atoms. The van der Waals surface area contributed by atoms with Crippen LogP contribution in [0.1, 0.15) is 26.7 Å². The van der Waals surface area contributed by atoms with Gasteiger partial charge in [0, 0.05) is 10.7 Å². The molecule has 0 aliphatic rings. The van der Waals surface area contributed by atoms with E-state index < -0.39 is 0 Å². The number of halogens is 4. The predicted octanol–water partition coefficient (Wildman–Crippen LogP) is 5.29. The molecule has 0 rings (SSSR count). The number of hydrogen-bond acceptors (Lipinski definition) is 1. The molecule has 0 saturated carbocycles. The monoisotopic (exact) mass is 470 g/mol. The van der Waals surface area contributed by atoms with Crippen molar-refractivity contribution in [1.82, 2.24) is 0 Å². The largest absolute Gasteiger partial charge is 0.352 e. The van der Waals surface area contributed by atoms with Gasteiger partial charge < -0.3 is 4.74 Å². The average molecular weight is 474 g/mol. The first kappa shape index (κ1) is 16.9. The van der Waals surface area contributed by atoms with Crippen LogP contribution in [0, 0.1) is 11.8 Å². The molecule has 0 spiro atoms. The quantitative estimate of drug-likeness (QED) is 0.435. The van der Waals surface area contributed by atoms with Gasteiger partial charge in [0.2, 0.25) is 0 Å². The van der Waals surface area contributed by atoms with Gasteiger partial charge in [0.25, 0.3) is 0 Å². The Morgan fingerprint density at radius 3 is 1.47 bits per heavy atom. The van der Waals surface area contributed by atoms with E-state index in [-0.39, 0.29) is 10.0 Å². The maximum Gasteiger partial charge on any atom is 0.116 e. The van der Waals surface area contributed by atoms with Crippen molar-refractivity contribution in [2.24, 2.45) is 11.8 Å². The Bertz CT molecular complexity index is 140. The minimum absolute atomic E-state index is 0.122.